The number of aryl methyl sites for hydroxylation is 1. The molecule has 0 radical (unpaired) electrons. The molecule has 2 amide bonds. The van der Waals surface area contributed by atoms with Gasteiger partial charge in [-0.2, -0.15) is 18.2 Å². The smallest absolute Gasteiger partial charge is 0.337 e. The number of carbonyl (C=O) groups is 1. The quantitative estimate of drug-likeness (QED) is 0.606. The molecule has 8 nitrogen and oxygen atoms in total. The second-order valence-electron chi connectivity index (χ2n) is 8.71. The van der Waals surface area contributed by atoms with Gasteiger partial charge in [-0.25, -0.2) is 14.8 Å². The third-order valence-electron chi connectivity index (χ3n) is 6.29. The molecule has 1 N–H and O–H groups in total. The van der Waals surface area contributed by atoms with Gasteiger partial charge in [-0.3, -0.25) is 0 Å². The summed E-state index contributed by atoms with van der Waals surface area (Å²) in [6.45, 7) is 3.83. The topological polar surface area (TPSA) is 97.0 Å². The van der Waals surface area contributed by atoms with Crippen molar-refractivity contribution in [1.29, 1.82) is 0 Å². The Morgan fingerprint density at radius 1 is 1.24 bits per heavy atom. The fourth-order valence-electron chi connectivity index (χ4n) is 5.11. The molecule has 33 heavy (non-hydrogen) atoms. The van der Waals surface area contributed by atoms with Gasteiger partial charge < -0.3 is 14.7 Å². The van der Waals surface area contributed by atoms with Crippen molar-refractivity contribution in [3.8, 4) is 11.4 Å². The number of nitrogens with one attached hydrogen (secondary N) is 1. The van der Waals surface area contributed by atoms with E-state index in [1.165, 1.54) is 30.6 Å². The largest absolute Gasteiger partial charge is 0.417 e. The highest BCUT2D eigenvalue weighted by molar-refractivity contribution is 5.92. The van der Waals surface area contributed by atoms with Gasteiger partial charge in [0, 0.05) is 36.1 Å². The second kappa shape index (κ2) is 7.53. The van der Waals surface area contributed by atoms with E-state index in [1.807, 2.05) is 0 Å². The third kappa shape index (κ3) is 3.61. The molecule has 1 aliphatic carbocycles. The average Bonchev–Trinajstić information content (AvgIpc) is 3.19. The average molecular weight is 458 g/mol. The van der Waals surface area contributed by atoms with Gasteiger partial charge in [0.2, 0.25) is 0 Å². The number of nitrogens with zero attached hydrogens (tertiary/aromatic N) is 5. The molecule has 172 valence electrons. The van der Waals surface area contributed by atoms with Gasteiger partial charge in [-0.15, -0.1) is 0 Å². The Hall–Kier alpha value is -3.50. The number of carbonyl (C=O) groups excluding carboxylic acids is 1. The first-order valence-corrected chi connectivity index (χ1v) is 10.6. The van der Waals surface area contributed by atoms with Crippen LogP contribution in [0.3, 0.4) is 0 Å². The summed E-state index contributed by atoms with van der Waals surface area (Å²) in [5, 5.41) is 6.63. The molecule has 2 bridgehead atoms. The van der Waals surface area contributed by atoms with E-state index >= 15 is 0 Å². The van der Waals surface area contributed by atoms with Crippen LogP contribution in [0.4, 0.5) is 23.7 Å². The Morgan fingerprint density at radius 2 is 2.00 bits per heavy atom. The summed E-state index contributed by atoms with van der Waals surface area (Å²) in [6.07, 6.45) is 0.357. The molecule has 3 heterocycles. The summed E-state index contributed by atoms with van der Waals surface area (Å²) in [5.41, 5.74) is -1.57. The number of urea groups is 1. The van der Waals surface area contributed by atoms with E-state index in [9.17, 15) is 18.0 Å². The van der Waals surface area contributed by atoms with E-state index in [2.05, 4.69) is 32.3 Å². The Labute approximate surface area is 187 Å². The van der Waals surface area contributed by atoms with E-state index in [4.69, 9.17) is 4.52 Å². The highest BCUT2D eigenvalue weighted by Crippen LogP contribution is 2.55. The van der Waals surface area contributed by atoms with Crippen molar-refractivity contribution in [2.45, 2.75) is 50.9 Å². The van der Waals surface area contributed by atoms with E-state index in [-0.39, 0.29) is 23.1 Å². The number of rotatable bonds is 3. The molecule has 3 aromatic rings. The number of fused-ring (bicyclic) bond motifs is 2. The van der Waals surface area contributed by atoms with Crippen LogP contribution in [0.1, 0.15) is 43.5 Å². The molecule has 1 aromatic carbocycles. The lowest BCUT2D eigenvalue weighted by atomic mass is 9.64. The highest BCUT2D eigenvalue weighted by Gasteiger charge is 2.62. The fourth-order valence-corrected chi connectivity index (χ4v) is 5.11. The molecule has 0 spiro atoms. The summed E-state index contributed by atoms with van der Waals surface area (Å²) < 4.78 is 46.2. The monoisotopic (exact) mass is 458 g/mol. The molecule has 1 saturated carbocycles. The van der Waals surface area contributed by atoms with Crippen molar-refractivity contribution >= 4 is 11.7 Å². The van der Waals surface area contributed by atoms with Crippen LogP contribution < -0.4 is 5.32 Å². The molecule has 2 aromatic heterocycles. The molecule has 2 fully saturated rings. The Bertz CT molecular complexity index is 1200. The summed E-state index contributed by atoms with van der Waals surface area (Å²) in [7, 11) is 0. The zero-order valence-corrected chi connectivity index (χ0v) is 17.9. The van der Waals surface area contributed by atoms with Crippen LogP contribution in [-0.4, -0.2) is 37.1 Å². The number of likely N-dealkylation sites (tertiary alicyclic amines) is 1. The molecule has 1 aliphatic heterocycles. The fraction of sp³-hybridized carbons (Fsp3) is 0.409. The zero-order chi connectivity index (χ0) is 23.4. The van der Waals surface area contributed by atoms with Gasteiger partial charge in [-0.05, 0) is 49.9 Å². The zero-order valence-electron chi connectivity index (χ0n) is 17.9. The maximum Gasteiger partial charge on any atom is 0.417 e. The number of piperidine rings is 1. The summed E-state index contributed by atoms with van der Waals surface area (Å²) >= 11 is 0. The number of hydrogen-bond acceptors (Lipinski definition) is 6. The molecule has 11 heteroatoms. The van der Waals surface area contributed by atoms with E-state index in [1.54, 1.807) is 11.8 Å². The van der Waals surface area contributed by atoms with Gasteiger partial charge in [0.15, 0.2) is 11.6 Å². The normalized spacial score (nSPS) is 24.3. The minimum atomic E-state index is -4.60. The lowest BCUT2D eigenvalue weighted by Crippen LogP contribution is -2.70. The summed E-state index contributed by atoms with van der Waals surface area (Å²) in [6, 6.07) is 4.50. The third-order valence-corrected chi connectivity index (χ3v) is 6.29. The number of halogens is 3. The van der Waals surface area contributed by atoms with E-state index < -0.39 is 23.3 Å². The van der Waals surface area contributed by atoms with Crippen LogP contribution in [-0.2, 0) is 11.7 Å². The van der Waals surface area contributed by atoms with Crippen LogP contribution in [0.15, 0.2) is 41.2 Å². The lowest BCUT2D eigenvalue weighted by Gasteiger charge is -2.61. The van der Waals surface area contributed by atoms with Gasteiger partial charge >= 0.3 is 12.2 Å². The molecule has 3 atom stereocenters. The first-order chi connectivity index (χ1) is 15.7. The minimum absolute atomic E-state index is 0.00710. The van der Waals surface area contributed by atoms with Crippen molar-refractivity contribution in [3.05, 3.63) is 53.9 Å². The number of aromatic nitrogens is 4. The highest BCUT2D eigenvalue weighted by atomic mass is 19.4. The van der Waals surface area contributed by atoms with Crippen molar-refractivity contribution in [2.24, 2.45) is 5.92 Å². The summed E-state index contributed by atoms with van der Waals surface area (Å²) in [4.78, 5) is 27.3. The van der Waals surface area contributed by atoms with Crippen LogP contribution in [0.5, 0.6) is 0 Å². The van der Waals surface area contributed by atoms with Gasteiger partial charge in [0.05, 0.1) is 5.56 Å². The molecule has 2 aliphatic rings. The first-order valence-electron chi connectivity index (χ1n) is 10.6. The predicted molar refractivity (Wildman–Crippen MR) is 111 cm³/mol. The minimum Gasteiger partial charge on any atom is -0.337 e. The van der Waals surface area contributed by atoms with Gasteiger partial charge in [-0.1, -0.05) is 12.1 Å². The van der Waals surface area contributed by atoms with Crippen LogP contribution in [0.25, 0.3) is 11.4 Å². The number of alkyl halides is 3. The van der Waals surface area contributed by atoms with Gasteiger partial charge in [0.25, 0.3) is 5.89 Å². The van der Waals surface area contributed by atoms with Crippen molar-refractivity contribution in [3.63, 3.8) is 0 Å². The molecular formula is C22H21F3N6O2. The van der Waals surface area contributed by atoms with Crippen molar-refractivity contribution in [2.75, 3.05) is 5.32 Å². The van der Waals surface area contributed by atoms with Crippen molar-refractivity contribution < 1.29 is 22.5 Å². The first kappa shape index (κ1) is 21.4. The SMILES string of the molecule is Cc1noc([C@]23C[C@@H](C)C[C@H](C2)N3C(=O)Nc2ccc(C(F)(F)F)c(-c3ncccn3)c2)n1. The molecule has 0 unspecified atom stereocenters. The standard InChI is InChI=1S/C22H21F3N6O2/c1-12-8-15-11-21(10-12,19-28-13(2)30-33-19)31(15)20(32)29-14-4-5-17(22(23,24)25)16(9-14)18-26-6-3-7-27-18/h3-7,9,12,15H,8,10-11H2,1-2H3,(H,29,32)/t12-,15+,21-/m0/s1. The molecule has 1 saturated heterocycles. The lowest BCUT2D eigenvalue weighted by molar-refractivity contribution is -0.137. The van der Waals surface area contributed by atoms with Crippen LogP contribution in [0.2, 0.25) is 0 Å². The number of benzene rings is 1. The van der Waals surface area contributed by atoms with E-state index in [0.717, 1.165) is 12.5 Å². The van der Waals surface area contributed by atoms with E-state index in [0.29, 0.717) is 30.5 Å². The Balaban J connectivity index is 1.46. The Morgan fingerprint density at radius 3 is 2.67 bits per heavy atom. The van der Waals surface area contributed by atoms with Crippen molar-refractivity contribution in [1.82, 2.24) is 25.0 Å². The van der Waals surface area contributed by atoms with Crippen LogP contribution >= 0.6 is 0 Å². The Kier molecular flexibility index (Phi) is 4.87. The molecule has 5 rings (SSSR count). The van der Waals surface area contributed by atoms with Gasteiger partial charge in [0.1, 0.15) is 5.54 Å². The molecular weight excluding hydrogens is 437 g/mol. The second-order valence-corrected chi connectivity index (χ2v) is 8.71. The number of amides is 2. The predicted octanol–water partition coefficient (Wildman–Crippen LogP) is 4.79. The number of hydrogen-bond donors (Lipinski definition) is 1. The maximum atomic E-state index is 13.6. The number of anilines is 1. The summed E-state index contributed by atoms with van der Waals surface area (Å²) in [5.74, 6) is 1.17. The maximum absolute atomic E-state index is 13.6. The van der Waals surface area contributed by atoms with Crippen LogP contribution in [0, 0.1) is 12.8 Å².